The summed E-state index contributed by atoms with van der Waals surface area (Å²) in [4.78, 5) is 2.17. The molecule has 94 valence electrons. The van der Waals surface area contributed by atoms with Crippen molar-refractivity contribution in [2.75, 3.05) is 31.2 Å². The second-order valence-electron chi connectivity index (χ2n) is 4.00. The summed E-state index contributed by atoms with van der Waals surface area (Å²) in [5.74, 6) is 0.856. The average Bonchev–Trinajstić information content (AvgIpc) is 2.38. The summed E-state index contributed by atoms with van der Waals surface area (Å²) in [6.07, 6.45) is 2.15. The quantitative estimate of drug-likeness (QED) is 0.876. The largest absolute Gasteiger partial charge is 0.394 e. The number of rotatable bonds is 4. The first kappa shape index (κ1) is 12.5. The van der Waals surface area contributed by atoms with Gasteiger partial charge in [-0.1, -0.05) is 11.6 Å². The smallest absolute Gasteiger partial charge is 0.151 e. The maximum atomic E-state index is 8.69. The molecule has 0 aliphatic carbocycles. The molecule has 0 atom stereocenters. The molecule has 0 bridgehead atoms. The Hall–Kier alpha value is -0.910. The van der Waals surface area contributed by atoms with Crippen LogP contribution in [0, 0.1) is 0 Å². The molecule has 1 saturated heterocycles. The third kappa shape index (κ3) is 3.52. The Balaban J connectivity index is 1.84. The van der Waals surface area contributed by atoms with Crippen LogP contribution in [-0.4, -0.2) is 47.7 Å². The molecular formula is C11H16ClN3O2. The number of aliphatic hydroxyl groups excluding tert-OH is 1. The summed E-state index contributed by atoms with van der Waals surface area (Å²) in [6.45, 7) is 2.30. The Kier molecular flexibility index (Phi) is 4.53. The van der Waals surface area contributed by atoms with Crippen molar-refractivity contribution in [3.8, 4) is 0 Å². The van der Waals surface area contributed by atoms with Crippen LogP contribution in [0.5, 0.6) is 0 Å². The van der Waals surface area contributed by atoms with E-state index in [2.05, 4.69) is 15.1 Å². The molecule has 1 aromatic rings. The summed E-state index contributed by atoms with van der Waals surface area (Å²) in [7, 11) is 0. The van der Waals surface area contributed by atoms with Crippen LogP contribution in [0.3, 0.4) is 0 Å². The fraction of sp³-hybridized carbons (Fsp3) is 0.636. The van der Waals surface area contributed by atoms with Gasteiger partial charge in [0.05, 0.1) is 19.3 Å². The van der Waals surface area contributed by atoms with Gasteiger partial charge in [-0.25, -0.2) is 0 Å². The van der Waals surface area contributed by atoms with Crippen molar-refractivity contribution < 1.29 is 9.84 Å². The Labute approximate surface area is 105 Å². The molecular weight excluding hydrogens is 242 g/mol. The molecule has 1 aliphatic heterocycles. The lowest BCUT2D eigenvalue weighted by Crippen LogP contribution is -2.37. The van der Waals surface area contributed by atoms with Gasteiger partial charge in [0.25, 0.3) is 0 Å². The summed E-state index contributed by atoms with van der Waals surface area (Å²) >= 11 is 5.70. The molecule has 2 rings (SSSR count). The highest BCUT2D eigenvalue weighted by atomic mass is 35.5. The molecule has 6 heteroatoms. The highest BCUT2D eigenvalue weighted by Crippen LogP contribution is 2.19. The molecule has 1 aliphatic rings. The molecule has 1 fully saturated rings. The van der Waals surface area contributed by atoms with Crippen molar-refractivity contribution in [2.24, 2.45) is 0 Å². The first-order valence-corrected chi connectivity index (χ1v) is 6.14. The van der Waals surface area contributed by atoms with Crippen LogP contribution >= 0.6 is 11.6 Å². The van der Waals surface area contributed by atoms with Crippen molar-refractivity contribution in [3.05, 3.63) is 17.3 Å². The minimum Gasteiger partial charge on any atom is -0.394 e. The number of anilines is 1. The van der Waals surface area contributed by atoms with Gasteiger partial charge in [-0.2, -0.15) is 0 Å². The van der Waals surface area contributed by atoms with Gasteiger partial charge < -0.3 is 14.7 Å². The van der Waals surface area contributed by atoms with E-state index in [1.807, 2.05) is 6.07 Å². The molecule has 5 nitrogen and oxygen atoms in total. The highest BCUT2D eigenvalue weighted by Gasteiger charge is 2.20. The van der Waals surface area contributed by atoms with Gasteiger partial charge in [0.1, 0.15) is 0 Å². The van der Waals surface area contributed by atoms with Crippen LogP contribution in [0.15, 0.2) is 12.1 Å². The van der Waals surface area contributed by atoms with Crippen LogP contribution in [0.4, 0.5) is 5.82 Å². The Morgan fingerprint density at radius 3 is 2.71 bits per heavy atom. The lowest BCUT2D eigenvalue weighted by molar-refractivity contribution is 0.0158. The predicted molar refractivity (Wildman–Crippen MR) is 65.3 cm³/mol. The average molecular weight is 258 g/mol. The summed E-state index contributed by atoms with van der Waals surface area (Å²) in [5, 5.41) is 17.0. The summed E-state index contributed by atoms with van der Waals surface area (Å²) in [6, 6.07) is 3.63. The lowest BCUT2D eigenvalue weighted by Gasteiger charge is -2.32. The molecule has 2 heterocycles. The van der Waals surface area contributed by atoms with Crippen LogP contribution in [-0.2, 0) is 4.74 Å². The Morgan fingerprint density at radius 2 is 2.12 bits per heavy atom. The van der Waals surface area contributed by atoms with Crippen molar-refractivity contribution >= 4 is 17.4 Å². The Bertz CT molecular complexity index is 339. The molecule has 17 heavy (non-hydrogen) atoms. The summed E-state index contributed by atoms with van der Waals surface area (Å²) < 4.78 is 5.50. The van der Waals surface area contributed by atoms with Crippen molar-refractivity contribution in [1.82, 2.24) is 10.2 Å². The van der Waals surface area contributed by atoms with E-state index in [9.17, 15) is 0 Å². The fourth-order valence-corrected chi connectivity index (χ4v) is 2.05. The number of hydrogen-bond donors (Lipinski definition) is 1. The molecule has 0 unspecified atom stereocenters. The third-order valence-corrected chi connectivity index (χ3v) is 3.03. The van der Waals surface area contributed by atoms with Gasteiger partial charge in [0.2, 0.25) is 0 Å². The number of aliphatic hydroxyl groups is 1. The standard InChI is InChI=1S/C11H16ClN3O2/c12-10-1-2-11(14-13-10)15-5-3-9(4-6-15)17-8-7-16/h1-2,9,16H,3-8H2. The SMILES string of the molecule is OCCOC1CCN(c2ccc(Cl)nn2)CC1. The van der Waals surface area contributed by atoms with Gasteiger partial charge in [0.15, 0.2) is 11.0 Å². The minimum absolute atomic E-state index is 0.0862. The molecule has 0 saturated carbocycles. The lowest BCUT2D eigenvalue weighted by atomic mass is 10.1. The number of piperidine rings is 1. The summed E-state index contributed by atoms with van der Waals surface area (Å²) in [5.41, 5.74) is 0. The zero-order valence-electron chi connectivity index (χ0n) is 9.55. The van der Waals surface area contributed by atoms with E-state index in [0.29, 0.717) is 11.8 Å². The zero-order chi connectivity index (χ0) is 12.1. The second-order valence-corrected chi connectivity index (χ2v) is 4.38. The van der Waals surface area contributed by atoms with Gasteiger partial charge in [-0.05, 0) is 25.0 Å². The molecule has 0 amide bonds. The number of hydrogen-bond acceptors (Lipinski definition) is 5. The monoisotopic (exact) mass is 257 g/mol. The normalized spacial score (nSPS) is 17.4. The second kappa shape index (κ2) is 6.14. The van der Waals surface area contributed by atoms with Crippen LogP contribution in [0.1, 0.15) is 12.8 Å². The number of nitrogens with zero attached hydrogens (tertiary/aromatic N) is 3. The highest BCUT2D eigenvalue weighted by molar-refractivity contribution is 6.29. The van der Waals surface area contributed by atoms with Crippen molar-refractivity contribution in [3.63, 3.8) is 0 Å². The van der Waals surface area contributed by atoms with Crippen LogP contribution < -0.4 is 4.90 Å². The maximum Gasteiger partial charge on any atom is 0.151 e. The van der Waals surface area contributed by atoms with E-state index in [4.69, 9.17) is 21.4 Å². The Morgan fingerprint density at radius 1 is 1.35 bits per heavy atom. The van der Waals surface area contributed by atoms with E-state index in [-0.39, 0.29) is 12.7 Å². The predicted octanol–water partition coefficient (Wildman–Crippen LogP) is 1.11. The third-order valence-electron chi connectivity index (χ3n) is 2.83. The van der Waals surface area contributed by atoms with Crippen molar-refractivity contribution in [2.45, 2.75) is 18.9 Å². The van der Waals surface area contributed by atoms with E-state index < -0.39 is 0 Å². The van der Waals surface area contributed by atoms with E-state index in [1.54, 1.807) is 6.07 Å². The van der Waals surface area contributed by atoms with E-state index in [1.165, 1.54) is 0 Å². The molecule has 1 N–H and O–H groups in total. The van der Waals surface area contributed by atoms with E-state index >= 15 is 0 Å². The zero-order valence-corrected chi connectivity index (χ0v) is 10.3. The first-order valence-electron chi connectivity index (χ1n) is 5.76. The molecule has 0 radical (unpaired) electrons. The molecule has 0 aromatic carbocycles. The maximum absolute atomic E-state index is 8.69. The van der Waals surface area contributed by atoms with E-state index in [0.717, 1.165) is 31.7 Å². The minimum atomic E-state index is 0.0862. The topological polar surface area (TPSA) is 58.5 Å². The van der Waals surface area contributed by atoms with Gasteiger partial charge >= 0.3 is 0 Å². The number of ether oxygens (including phenoxy) is 1. The fourth-order valence-electron chi connectivity index (χ4n) is 1.95. The number of aromatic nitrogens is 2. The van der Waals surface area contributed by atoms with Gasteiger partial charge in [-0.3, -0.25) is 0 Å². The van der Waals surface area contributed by atoms with Crippen molar-refractivity contribution in [1.29, 1.82) is 0 Å². The van der Waals surface area contributed by atoms with Crippen LogP contribution in [0.25, 0.3) is 0 Å². The first-order chi connectivity index (χ1) is 8.29. The molecule has 0 spiro atoms. The van der Waals surface area contributed by atoms with Crippen LogP contribution in [0.2, 0.25) is 5.15 Å². The van der Waals surface area contributed by atoms with Gasteiger partial charge in [-0.15, -0.1) is 10.2 Å². The number of halogens is 1. The van der Waals surface area contributed by atoms with Gasteiger partial charge in [0, 0.05) is 13.1 Å². The molecule has 1 aromatic heterocycles.